The highest BCUT2D eigenvalue weighted by atomic mass is 35.5. The van der Waals surface area contributed by atoms with Gasteiger partial charge in [0.15, 0.2) is 0 Å². The van der Waals surface area contributed by atoms with E-state index in [0.29, 0.717) is 0 Å². The highest BCUT2D eigenvalue weighted by Crippen LogP contribution is 2.14. The molecule has 1 rings (SSSR count). The molecule has 0 saturated carbocycles. The average Bonchev–Trinajstić information content (AvgIpc) is 2.03. The number of benzene rings is 1. The molecule has 0 aliphatic carbocycles. The molecule has 6 nitrogen and oxygen atoms in total. The van der Waals surface area contributed by atoms with E-state index in [1.54, 1.807) is 0 Å². The molecule has 7 heteroatoms. The monoisotopic (exact) mass is 234 g/mol. The van der Waals surface area contributed by atoms with Crippen LogP contribution in [0.2, 0.25) is 5.02 Å². The molecule has 0 bridgehead atoms. The van der Waals surface area contributed by atoms with Crippen molar-refractivity contribution in [2.75, 3.05) is 0 Å². The third-order valence-electron chi connectivity index (χ3n) is 1.42. The van der Waals surface area contributed by atoms with Crippen LogP contribution in [-0.4, -0.2) is 11.9 Å². The molecule has 1 aromatic carbocycles. The third kappa shape index (κ3) is 3.55. The molecule has 84 valence electrons. The van der Waals surface area contributed by atoms with Crippen LogP contribution in [0.3, 0.4) is 0 Å². The first-order valence-electron chi connectivity index (χ1n) is 3.24. The minimum absolute atomic E-state index is 0. The largest absolute Gasteiger partial charge is 0.545 e. The van der Waals surface area contributed by atoms with E-state index < -0.39 is 23.1 Å². The lowest BCUT2D eigenvalue weighted by Crippen LogP contribution is -2.29. The molecule has 0 spiro atoms. The van der Waals surface area contributed by atoms with E-state index in [0.717, 1.165) is 12.1 Å². The standard InChI is InChI=1S/C8H5ClO4.2H3N/c9-4-1-2-5(7(10)11)6(3-4)8(12)13;;/h1-3H,(H,10,11)(H,12,13);2*1H3. The Morgan fingerprint density at radius 3 is 1.87 bits per heavy atom. The van der Waals surface area contributed by atoms with E-state index >= 15 is 0 Å². The van der Waals surface area contributed by atoms with Crippen molar-refractivity contribution in [1.82, 2.24) is 12.3 Å². The fraction of sp³-hybridized carbons (Fsp3) is 0. The van der Waals surface area contributed by atoms with Crippen molar-refractivity contribution in [3.63, 3.8) is 0 Å². The summed E-state index contributed by atoms with van der Waals surface area (Å²) in [6.45, 7) is 0. The summed E-state index contributed by atoms with van der Waals surface area (Å²) in [5.74, 6) is -3.17. The smallest absolute Gasteiger partial charge is 0.0722 e. The lowest BCUT2D eigenvalue weighted by atomic mass is 10.1. The van der Waals surface area contributed by atoms with E-state index in [9.17, 15) is 19.8 Å². The van der Waals surface area contributed by atoms with Crippen LogP contribution in [0.25, 0.3) is 0 Å². The molecule has 15 heavy (non-hydrogen) atoms. The minimum Gasteiger partial charge on any atom is -0.545 e. The Labute approximate surface area is 90.6 Å². The molecule has 1 aromatic rings. The number of hydrogen-bond acceptors (Lipinski definition) is 4. The number of carbonyl (C=O) groups is 2. The second-order valence-corrected chi connectivity index (χ2v) is 2.70. The van der Waals surface area contributed by atoms with E-state index in [4.69, 9.17) is 11.6 Å². The van der Waals surface area contributed by atoms with Gasteiger partial charge in [-0.1, -0.05) is 17.7 Å². The number of carbonyl (C=O) groups excluding carboxylic acids is 2. The molecule has 0 atom stereocenters. The molecule has 0 heterocycles. The zero-order valence-electron chi connectivity index (χ0n) is 8.24. The number of carboxylic acids is 2. The maximum atomic E-state index is 10.4. The summed E-state index contributed by atoms with van der Waals surface area (Å²) in [5.41, 5.74) is -0.920. The van der Waals surface area contributed by atoms with Crippen LogP contribution >= 0.6 is 11.6 Å². The molecular weight excluding hydrogens is 224 g/mol. The lowest BCUT2D eigenvalue weighted by molar-refractivity contribution is -0.259. The predicted molar refractivity (Wildman–Crippen MR) is 52.1 cm³/mol. The summed E-state index contributed by atoms with van der Waals surface area (Å²) in [4.78, 5) is 20.8. The average molecular weight is 235 g/mol. The van der Waals surface area contributed by atoms with E-state index in [1.165, 1.54) is 6.07 Å². The fourth-order valence-corrected chi connectivity index (χ4v) is 1.04. The maximum Gasteiger partial charge on any atom is 0.0722 e. The first-order valence-corrected chi connectivity index (χ1v) is 3.62. The lowest BCUT2D eigenvalue weighted by Gasteiger charge is -2.10. The minimum atomic E-state index is -1.60. The number of quaternary nitrogens is 2. The second-order valence-electron chi connectivity index (χ2n) is 2.26. The van der Waals surface area contributed by atoms with Crippen LogP contribution in [-0.2, 0) is 0 Å². The van der Waals surface area contributed by atoms with Crippen LogP contribution in [0, 0.1) is 0 Å². The van der Waals surface area contributed by atoms with Gasteiger partial charge in [0.25, 0.3) is 0 Å². The van der Waals surface area contributed by atoms with Crippen LogP contribution in [0.1, 0.15) is 20.7 Å². The molecule has 8 N–H and O–H groups in total. The number of rotatable bonds is 2. The highest BCUT2D eigenvalue weighted by molar-refractivity contribution is 6.31. The van der Waals surface area contributed by atoms with Gasteiger partial charge >= 0.3 is 0 Å². The van der Waals surface area contributed by atoms with Crippen molar-refractivity contribution in [3.8, 4) is 0 Å². The zero-order valence-corrected chi connectivity index (χ0v) is 9.00. The number of carboxylic acid groups (broad SMARTS) is 2. The Hall–Kier alpha value is -1.63. The van der Waals surface area contributed by atoms with Gasteiger partial charge in [0.05, 0.1) is 11.9 Å². The van der Waals surface area contributed by atoms with Crippen LogP contribution in [0.5, 0.6) is 0 Å². The summed E-state index contributed by atoms with van der Waals surface area (Å²) >= 11 is 5.46. The van der Waals surface area contributed by atoms with Crippen molar-refractivity contribution in [1.29, 1.82) is 0 Å². The fourth-order valence-electron chi connectivity index (χ4n) is 0.863. The van der Waals surface area contributed by atoms with E-state index in [-0.39, 0.29) is 17.3 Å². The molecule has 0 fully saturated rings. The Morgan fingerprint density at radius 1 is 1.00 bits per heavy atom. The SMILES string of the molecule is O=C([O-])c1ccc(Cl)cc1C(=O)[O-].[NH4+].[NH4+]. The first kappa shape index (κ1) is 15.8. The molecule has 0 aromatic heterocycles. The van der Waals surface area contributed by atoms with Gasteiger partial charge < -0.3 is 32.1 Å². The summed E-state index contributed by atoms with van der Waals surface area (Å²) < 4.78 is 0. The van der Waals surface area contributed by atoms with Crippen molar-refractivity contribution >= 4 is 23.5 Å². The third-order valence-corrected chi connectivity index (χ3v) is 1.66. The Kier molecular flexibility index (Phi) is 6.30. The van der Waals surface area contributed by atoms with Gasteiger partial charge in [0.1, 0.15) is 0 Å². The summed E-state index contributed by atoms with van der Waals surface area (Å²) in [5, 5.41) is 20.9. The molecule has 0 amide bonds. The van der Waals surface area contributed by atoms with Crippen molar-refractivity contribution in [3.05, 3.63) is 34.3 Å². The van der Waals surface area contributed by atoms with Crippen molar-refractivity contribution in [2.24, 2.45) is 0 Å². The Bertz CT molecular complexity index is 381. The van der Waals surface area contributed by atoms with Crippen molar-refractivity contribution in [2.45, 2.75) is 0 Å². The first-order chi connectivity index (χ1) is 6.02. The van der Waals surface area contributed by atoms with Gasteiger partial charge in [0.2, 0.25) is 0 Å². The number of hydrogen-bond donors (Lipinski definition) is 2. The van der Waals surface area contributed by atoms with Gasteiger partial charge in [-0.2, -0.15) is 0 Å². The van der Waals surface area contributed by atoms with Crippen molar-refractivity contribution < 1.29 is 19.8 Å². The van der Waals surface area contributed by atoms with Crippen LogP contribution in [0.4, 0.5) is 0 Å². The Balaban J connectivity index is 0. The maximum absolute atomic E-state index is 10.4. The summed E-state index contributed by atoms with van der Waals surface area (Å²) in [6.07, 6.45) is 0. The van der Waals surface area contributed by atoms with Crippen LogP contribution in [0.15, 0.2) is 18.2 Å². The molecule has 0 aliphatic rings. The topological polar surface area (TPSA) is 153 Å². The summed E-state index contributed by atoms with van der Waals surface area (Å²) in [6, 6.07) is 3.32. The second kappa shape index (κ2) is 5.97. The molecule has 0 aliphatic heterocycles. The van der Waals surface area contributed by atoms with Gasteiger partial charge in [0, 0.05) is 16.1 Å². The summed E-state index contributed by atoms with van der Waals surface area (Å²) in [7, 11) is 0. The molecule has 0 saturated heterocycles. The molecule has 0 unspecified atom stereocenters. The van der Waals surface area contributed by atoms with E-state index in [2.05, 4.69) is 0 Å². The molecule has 0 radical (unpaired) electrons. The predicted octanol–water partition coefficient (Wildman–Crippen LogP) is -0.181. The van der Waals surface area contributed by atoms with Gasteiger partial charge in [-0.3, -0.25) is 0 Å². The zero-order chi connectivity index (χ0) is 10.0. The van der Waals surface area contributed by atoms with Crippen LogP contribution < -0.4 is 22.5 Å². The Morgan fingerprint density at radius 2 is 1.47 bits per heavy atom. The number of aromatic carboxylic acids is 2. The highest BCUT2D eigenvalue weighted by Gasteiger charge is 2.04. The van der Waals surface area contributed by atoms with Gasteiger partial charge in [-0.25, -0.2) is 0 Å². The normalized spacial score (nSPS) is 8.33. The van der Waals surface area contributed by atoms with Gasteiger partial charge in [-0.15, -0.1) is 0 Å². The molecular formula is C8H11ClN2O4. The van der Waals surface area contributed by atoms with E-state index in [1.807, 2.05) is 0 Å². The quantitative estimate of drug-likeness (QED) is 0.728. The number of halogens is 1. The van der Waals surface area contributed by atoms with Gasteiger partial charge in [-0.05, 0) is 12.1 Å².